The Balaban J connectivity index is 2.22. The lowest BCUT2D eigenvalue weighted by Gasteiger charge is -2.11. The molecule has 1 aromatic carbocycles. The Labute approximate surface area is 115 Å². The number of carbonyl (C=O) groups is 2. The number of amides is 1. The number of aliphatic carboxylic acids is 1. The molecular formula is C15H12N2O3. The van der Waals surface area contributed by atoms with Crippen molar-refractivity contribution < 1.29 is 14.7 Å². The summed E-state index contributed by atoms with van der Waals surface area (Å²) < 4.78 is 0. The summed E-state index contributed by atoms with van der Waals surface area (Å²) in [4.78, 5) is 27.1. The standard InChI is InChI=1S/C15H12N2O3/c1-2-5-13(15(19)20)17-14(18)11-8-10-6-3-4-7-12(10)16-9-11/h1,3-4,6-9,13H,5H2,(H,17,18)(H,19,20)/t13-/m1/s1. The molecule has 0 saturated heterocycles. The van der Waals surface area contributed by atoms with E-state index in [0.717, 1.165) is 10.9 Å². The molecule has 0 aliphatic rings. The van der Waals surface area contributed by atoms with E-state index in [1.807, 2.05) is 24.3 Å². The number of pyridine rings is 1. The molecule has 0 aliphatic carbocycles. The van der Waals surface area contributed by atoms with Crippen LogP contribution in [0.3, 0.4) is 0 Å². The molecule has 0 radical (unpaired) electrons. The third kappa shape index (κ3) is 2.93. The van der Waals surface area contributed by atoms with Crippen LogP contribution in [-0.4, -0.2) is 28.0 Å². The molecule has 0 fully saturated rings. The molecule has 1 aromatic heterocycles. The number of carbonyl (C=O) groups excluding carboxylic acids is 1. The summed E-state index contributed by atoms with van der Waals surface area (Å²) in [6.07, 6.45) is 6.42. The summed E-state index contributed by atoms with van der Waals surface area (Å²) in [6.45, 7) is 0. The monoisotopic (exact) mass is 268 g/mol. The number of carboxylic acids is 1. The van der Waals surface area contributed by atoms with Crippen LogP contribution in [0.1, 0.15) is 16.8 Å². The van der Waals surface area contributed by atoms with Crippen molar-refractivity contribution in [1.29, 1.82) is 0 Å². The van der Waals surface area contributed by atoms with Crippen LogP contribution >= 0.6 is 0 Å². The number of carboxylic acid groups (broad SMARTS) is 1. The first-order valence-electron chi connectivity index (χ1n) is 5.93. The summed E-state index contributed by atoms with van der Waals surface area (Å²) in [5.74, 6) is 0.554. The zero-order valence-corrected chi connectivity index (χ0v) is 10.5. The predicted molar refractivity (Wildman–Crippen MR) is 74.1 cm³/mol. The molecule has 1 atom stereocenters. The topological polar surface area (TPSA) is 79.3 Å². The highest BCUT2D eigenvalue weighted by atomic mass is 16.4. The van der Waals surface area contributed by atoms with E-state index in [2.05, 4.69) is 16.2 Å². The molecule has 0 spiro atoms. The van der Waals surface area contributed by atoms with Gasteiger partial charge in [-0.05, 0) is 12.1 Å². The summed E-state index contributed by atoms with van der Waals surface area (Å²) in [5, 5.41) is 12.1. The first-order valence-corrected chi connectivity index (χ1v) is 5.93. The average Bonchev–Trinajstić information content (AvgIpc) is 2.46. The molecule has 0 aliphatic heterocycles. The molecule has 5 heteroatoms. The summed E-state index contributed by atoms with van der Waals surface area (Å²) in [6, 6.07) is 7.91. The molecule has 0 bridgehead atoms. The van der Waals surface area contributed by atoms with Gasteiger partial charge in [-0.25, -0.2) is 4.79 Å². The first-order chi connectivity index (χ1) is 9.61. The second-order valence-corrected chi connectivity index (χ2v) is 4.19. The fourth-order valence-corrected chi connectivity index (χ4v) is 1.75. The Morgan fingerprint density at radius 1 is 1.40 bits per heavy atom. The van der Waals surface area contributed by atoms with Crippen molar-refractivity contribution in [2.45, 2.75) is 12.5 Å². The smallest absolute Gasteiger partial charge is 0.327 e. The summed E-state index contributed by atoms with van der Waals surface area (Å²) >= 11 is 0. The van der Waals surface area contributed by atoms with E-state index in [1.165, 1.54) is 6.20 Å². The SMILES string of the molecule is C#CC[C@@H](NC(=O)c1cnc2ccccc2c1)C(=O)O. The minimum atomic E-state index is -1.16. The molecule has 5 nitrogen and oxygen atoms in total. The van der Waals surface area contributed by atoms with Crippen molar-refractivity contribution in [1.82, 2.24) is 10.3 Å². The Hall–Kier alpha value is -2.87. The van der Waals surface area contributed by atoms with Crippen LogP contribution in [0.4, 0.5) is 0 Å². The molecular weight excluding hydrogens is 256 g/mol. The van der Waals surface area contributed by atoms with Gasteiger partial charge < -0.3 is 10.4 Å². The number of hydrogen-bond acceptors (Lipinski definition) is 3. The van der Waals surface area contributed by atoms with Crippen LogP contribution in [0.25, 0.3) is 10.9 Å². The van der Waals surface area contributed by atoms with Crippen molar-refractivity contribution >= 4 is 22.8 Å². The molecule has 2 rings (SSSR count). The van der Waals surface area contributed by atoms with Gasteiger partial charge in [0.05, 0.1) is 11.1 Å². The van der Waals surface area contributed by atoms with E-state index in [4.69, 9.17) is 11.5 Å². The predicted octanol–water partition coefficient (Wildman–Crippen LogP) is 1.44. The average molecular weight is 268 g/mol. The molecule has 1 heterocycles. The van der Waals surface area contributed by atoms with Gasteiger partial charge in [0, 0.05) is 18.0 Å². The fourth-order valence-electron chi connectivity index (χ4n) is 1.75. The Morgan fingerprint density at radius 3 is 2.85 bits per heavy atom. The minimum absolute atomic E-state index is 0.0674. The van der Waals surface area contributed by atoms with Gasteiger partial charge in [0.1, 0.15) is 6.04 Å². The van der Waals surface area contributed by atoms with Gasteiger partial charge in [-0.1, -0.05) is 18.2 Å². The largest absolute Gasteiger partial charge is 0.480 e. The quantitative estimate of drug-likeness (QED) is 0.822. The van der Waals surface area contributed by atoms with Crippen LogP contribution in [0, 0.1) is 12.3 Å². The maximum Gasteiger partial charge on any atom is 0.327 e. The molecule has 2 N–H and O–H groups in total. The van der Waals surface area contributed by atoms with Gasteiger partial charge in [-0.3, -0.25) is 9.78 Å². The maximum absolute atomic E-state index is 12.0. The normalized spacial score (nSPS) is 11.6. The van der Waals surface area contributed by atoms with E-state index in [0.29, 0.717) is 5.56 Å². The maximum atomic E-state index is 12.0. The number of hydrogen-bond donors (Lipinski definition) is 2. The molecule has 0 unspecified atom stereocenters. The lowest BCUT2D eigenvalue weighted by Crippen LogP contribution is -2.40. The van der Waals surface area contributed by atoms with Gasteiger partial charge in [-0.15, -0.1) is 12.3 Å². The highest BCUT2D eigenvalue weighted by molar-refractivity contribution is 5.99. The molecule has 0 saturated carbocycles. The Kier molecular flexibility index (Phi) is 3.96. The van der Waals surface area contributed by atoms with Crippen LogP contribution in [0.15, 0.2) is 36.5 Å². The van der Waals surface area contributed by atoms with Crippen LogP contribution in [0.5, 0.6) is 0 Å². The molecule has 100 valence electrons. The van der Waals surface area contributed by atoms with Gasteiger partial charge >= 0.3 is 5.97 Å². The number of aromatic nitrogens is 1. The second kappa shape index (κ2) is 5.85. The van der Waals surface area contributed by atoms with E-state index in [-0.39, 0.29) is 6.42 Å². The number of para-hydroxylation sites is 1. The number of nitrogens with zero attached hydrogens (tertiary/aromatic N) is 1. The van der Waals surface area contributed by atoms with E-state index >= 15 is 0 Å². The van der Waals surface area contributed by atoms with E-state index in [1.54, 1.807) is 6.07 Å². The Morgan fingerprint density at radius 2 is 2.15 bits per heavy atom. The van der Waals surface area contributed by atoms with Crippen LogP contribution in [-0.2, 0) is 4.79 Å². The highest BCUT2D eigenvalue weighted by Gasteiger charge is 2.19. The summed E-state index contributed by atoms with van der Waals surface area (Å²) in [7, 11) is 0. The lowest BCUT2D eigenvalue weighted by molar-refractivity contribution is -0.139. The molecule has 1 amide bonds. The van der Waals surface area contributed by atoms with Gasteiger partial charge in [0.15, 0.2) is 0 Å². The first kappa shape index (κ1) is 13.6. The minimum Gasteiger partial charge on any atom is -0.480 e. The number of fused-ring (bicyclic) bond motifs is 1. The van der Waals surface area contributed by atoms with Crippen molar-refractivity contribution in [3.8, 4) is 12.3 Å². The summed E-state index contributed by atoms with van der Waals surface area (Å²) in [5.41, 5.74) is 1.06. The number of nitrogens with one attached hydrogen (secondary N) is 1. The third-order valence-electron chi connectivity index (χ3n) is 2.78. The highest BCUT2D eigenvalue weighted by Crippen LogP contribution is 2.12. The number of terminal acetylenes is 1. The zero-order chi connectivity index (χ0) is 14.5. The molecule has 20 heavy (non-hydrogen) atoms. The van der Waals surface area contributed by atoms with Gasteiger partial charge in [0.2, 0.25) is 0 Å². The van der Waals surface area contributed by atoms with Crippen molar-refractivity contribution in [3.05, 3.63) is 42.1 Å². The lowest BCUT2D eigenvalue weighted by atomic mass is 10.1. The van der Waals surface area contributed by atoms with E-state index < -0.39 is 17.9 Å². The number of benzene rings is 1. The van der Waals surface area contributed by atoms with Crippen LogP contribution in [0.2, 0.25) is 0 Å². The molecule has 2 aromatic rings. The van der Waals surface area contributed by atoms with Crippen LogP contribution < -0.4 is 5.32 Å². The third-order valence-corrected chi connectivity index (χ3v) is 2.78. The van der Waals surface area contributed by atoms with Crippen molar-refractivity contribution in [2.24, 2.45) is 0 Å². The number of rotatable bonds is 4. The van der Waals surface area contributed by atoms with E-state index in [9.17, 15) is 9.59 Å². The van der Waals surface area contributed by atoms with Gasteiger partial charge in [-0.2, -0.15) is 0 Å². The Bertz CT molecular complexity index is 704. The zero-order valence-electron chi connectivity index (χ0n) is 10.5. The van der Waals surface area contributed by atoms with Gasteiger partial charge in [0.25, 0.3) is 5.91 Å². The second-order valence-electron chi connectivity index (χ2n) is 4.19. The van der Waals surface area contributed by atoms with Crippen molar-refractivity contribution in [2.75, 3.05) is 0 Å². The van der Waals surface area contributed by atoms with Crippen molar-refractivity contribution in [3.63, 3.8) is 0 Å². The fraction of sp³-hybridized carbons (Fsp3) is 0.133.